The van der Waals surface area contributed by atoms with E-state index in [1.54, 1.807) is 13.8 Å². The molecule has 1 aliphatic carbocycles. The maximum absolute atomic E-state index is 9.85. The maximum atomic E-state index is 9.85. The van der Waals surface area contributed by atoms with Gasteiger partial charge in [-0.3, -0.25) is 5.43 Å². The molecule has 4 heteroatoms. The van der Waals surface area contributed by atoms with Gasteiger partial charge in [-0.1, -0.05) is 19.3 Å². The van der Waals surface area contributed by atoms with Crippen LogP contribution in [0.1, 0.15) is 52.4 Å². The minimum atomic E-state index is -0.521. The van der Waals surface area contributed by atoms with Gasteiger partial charge in [0.15, 0.2) is 0 Å². The van der Waals surface area contributed by atoms with Crippen molar-refractivity contribution in [3.8, 4) is 0 Å². The summed E-state index contributed by atoms with van der Waals surface area (Å²) in [6, 6.07) is 0. The molecule has 4 nitrogen and oxygen atoms in total. The van der Waals surface area contributed by atoms with E-state index in [1.807, 2.05) is 0 Å². The zero-order chi connectivity index (χ0) is 13.1. The first kappa shape index (κ1) is 13.6. The second kappa shape index (κ2) is 5.85. The molecule has 1 heterocycles. The highest BCUT2D eigenvalue weighted by molar-refractivity contribution is 5.93. The van der Waals surface area contributed by atoms with Crippen molar-refractivity contribution in [2.75, 3.05) is 0 Å². The predicted octanol–water partition coefficient (Wildman–Crippen LogP) is 1.93. The van der Waals surface area contributed by atoms with Crippen LogP contribution in [0, 0.1) is 5.92 Å². The van der Waals surface area contributed by atoms with Crippen molar-refractivity contribution in [2.45, 2.75) is 64.6 Å². The van der Waals surface area contributed by atoms with Crippen LogP contribution in [0.2, 0.25) is 0 Å². The van der Waals surface area contributed by atoms with E-state index in [9.17, 15) is 10.2 Å². The lowest BCUT2D eigenvalue weighted by Gasteiger charge is -2.33. The molecule has 0 bridgehead atoms. The number of nitrogens with zero attached hydrogens (tertiary/aromatic N) is 1. The van der Waals surface area contributed by atoms with Crippen LogP contribution in [-0.2, 0) is 0 Å². The van der Waals surface area contributed by atoms with Crippen LogP contribution >= 0.6 is 0 Å². The molecule has 18 heavy (non-hydrogen) atoms. The molecule has 0 aromatic carbocycles. The molecule has 1 aliphatic heterocycles. The number of nitrogens with one attached hydrogen (secondary N) is 1. The van der Waals surface area contributed by atoms with Gasteiger partial charge in [0.2, 0.25) is 0 Å². The fourth-order valence-electron chi connectivity index (χ4n) is 3.04. The Morgan fingerprint density at radius 3 is 2.50 bits per heavy atom. The van der Waals surface area contributed by atoms with Crippen LogP contribution in [0.5, 0.6) is 0 Å². The Hall–Kier alpha value is -0.870. The zero-order valence-corrected chi connectivity index (χ0v) is 11.3. The lowest BCUT2D eigenvalue weighted by molar-refractivity contribution is 0.214. The molecular weight excluding hydrogens is 228 g/mol. The smallest absolute Gasteiger partial charge is 0.0925 e. The Morgan fingerprint density at radius 2 is 1.83 bits per heavy atom. The summed E-state index contributed by atoms with van der Waals surface area (Å²) in [6.45, 7) is 3.54. The first-order chi connectivity index (χ1) is 8.61. The van der Waals surface area contributed by atoms with E-state index in [0.717, 1.165) is 30.7 Å². The summed E-state index contributed by atoms with van der Waals surface area (Å²) < 4.78 is 0. The first-order valence-corrected chi connectivity index (χ1v) is 7.03. The van der Waals surface area contributed by atoms with Crippen molar-refractivity contribution >= 4 is 5.71 Å². The second-order valence-corrected chi connectivity index (χ2v) is 5.44. The largest absolute Gasteiger partial charge is 0.387 e. The topological polar surface area (TPSA) is 64.9 Å². The number of allylic oxidation sites excluding steroid dienone is 1. The molecule has 102 valence electrons. The van der Waals surface area contributed by atoms with Gasteiger partial charge in [0, 0.05) is 5.92 Å². The normalized spacial score (nSPS) is 28.4. The van der Waals surface area contributed by atoms with E-state index in [-0.39, 0.29) is 5.92 Å². The van der Waals surface area contributed by atoms with Crippen molar-refractivity contribution in [2.24, 2.45) is 11.0 Å². The van der Waals surface area contributed by atoms with Crippen molar-refractivity contribution in [1.82, 2.24) is 5.43 Å². The summed E-state index contributed by atoms with van der Waals surface area (Å²) in [5.74, 6) is 0.219. The molecule has 0 aromatic rings. The Balaban J connectivity index is 2.31. The molecular formula is C14H24N2O2. The fourth-order valence-corrected chi connectivity index (χ4v) is 3.04. The highest BCUT2D eigenvalue weighted by Gasteiger charge is 2.31. The number of hydrazone groups is 1. The van der Waals surface area contributed by atoms with Crippen LogP contribution in [0.3, 0.4) is 0 Å². The van der Waals surface area contributed by atoms with Crippen molar-refractivity contribution in [1.29, 1.82) is 0 Å². The third kappa shape index (κ3) is 2.75. The number of aliphatic hydroxyl groups excluding tert-OH is 2. The molecule has 0 amide bonds. The summed E-state index contributed by atoms with van der Waals surface area (Å²) in [7, 11) is 0. The Morgan fingerprint density at radius 1 is 1.11 bits per heavy atom. The average Bonchev–Trinajstić information content (AvgIpc) is 2.27. The maximum Gasteiger partial charge on any atom is 0.0925 e. The van der Waals surface area contributed by atoms with Crippen molar-refractivity contribution in [3.05, 3.63) is 11.3 Å². The van der Waals surface area contributed by atoms with Gasteiger partial charge in [0.25, 0.3) is 0 Å². The van der Waals surface area contributed by atoms with Gasteiger partial charge in [-0.25, -0.2) is 0 Å². The first-order valence-electron chi connectivity index (χ1n) is 7.03. The monoisotopic (exact) mass is 252 g/mol. The van der Waals surface area contributed by atoms with E-state index in [2.05, 4.69) is 10.5 Å². The number of fused-ring (bicyclic) bond motifs is 1. The minimum absolute atomic E-state index is 0.219. The van der Waals surface area contributed by atoms with Crippen LogP contribution < -0.4 is 5.43 Å². The predicted molar refractivity (Wildman–Crippen MR) is 72.2 cm³/mol. The molecule has 2 aliphatic rings. The van der Waals surface area contributed by atoms with Gasteiger partial charge < -0.3 is 10.2 Å². The van der Waals surface area contributed by atoms with Gasteiger partial charge >= 0.3 is 0 Å². The quantitative estimate of drug-likeness (QED) is 0.703. The third-order valence-electron chi connectivity index (χ3n) is 3.96. The lowest BCUT2D eigenvalue weighted by atomic mass is 9.79. The number of hydrogen-bond donors (Lipinski definition) is 3. The molecule has 0 saturated heterocycles. The summed E-state index contributed by atoms with van der Waals surface area (Å²) in [5, 5.41) is 24.0. The molecule has 3 unspecified atom stereocenters. The number of hydrogen-bond acceptors (Lipinski definition) is 4. The summed E-state index contributed by atoms with van der Waals surface area (Å²) in [4.78, 5) is 0. The third-order valence-corrected chi connectivity index (χ3v) is 3.96. The molecule has 3 N–H and O–H groups in total. The van der Waals surface area contributed by atoms with E-state index in [1.165, 1.54) is 24.8 Å². The van der Waals surface area contributed by atoms with Crippen molar-refractivity contribution in [3.63, 3.8) is 0 Å². The van der Waals surface area contributed by atoms with E-state index >= 15 is 0 Å². The van der Waals surface area contributed by atoms with Crippen LogP contribution in [-0.4, -0.2) is 28.1 Å². The lowest BCUT2D eigenvalue weighted by Crippen LogP contribution is -2.37. The van der Waals surface area contributed by atoms with Crippen molar-refractivity contribution < 1.29 is 10.2 Å². The Labute approximate surface area is 109 Å². The van der Waals surface area contributed by atoms with Gasteiger partial charge in [-0.15, -0.1) is 0 Å². The highest BCUT2D eigenvalue weighted by atomic mass is 16.3. The summed E-state index contributed by atoms with van der Waals surface area (Å²) in [6.07, 6.45) is 5.86. The SMILES string of the molecule is CC(O)C1=NNC(C(C)O)=C2CCCCCCC12. The summed E-state index contributed by atoms with van der Waals surface area (Å²) >= 11 is 0. The second-order valence-electron chi connectivity index (χ2n) is 5.44. The molecule has 1 saturated carbocycles. The standard InChI is InChI=1S/C14H24N2O2/c1-9(17)13-11-7-5-3-4-6-8-12(11)14(10(2)18)16-15-13/h9-11,16-18H,3-8H2,1-2H3. The van der Waals surface area contributed by atoms with E-state index < -0.39 is 12.2 Å². The van der Waals surface area contributed by atoms with Gasteiger partial charge in [0.1, 0.15) is 0 Å². The molecule has 3 atom stereocenters. The van der Waals surface area contributed by atoms with E-state index in [0.29, 0.717) is 0 Å². The highest BCUT2D eigenvalue weighted by Crippen LogP contribution is 2.34. The van der Waals surface area contributed by atoms with Crippen LogP contribution in [0.4, 0.5) is 0 Å². The molecule has 0 spiro atoms. The number of rotatable bonds is 2. The summed E-state index contributed by atoms with van der Waals surface area (Å²) in [5.41, 5.74) is 5.90. The minimum Gasteiger partial charge on any atom is -0.387 e. The van der Waals surface area contributed by atoms with Crippen LogP contribution in [0.15, 0.2) is 16.4 Å². The fraction of sp³-hybridized carbons (Fsp3) is 0.786. The number of aliphatic hydroxyl groups is 2. The molecule has 0 radical (unpaired) electrons. The van der Waals surface area contributed by atoms with Gasteiger partial charge in [-0.2, -0.15) is 5.10 Å². The average molecular weight is 252 g/mol. The molecule has 2 rings (SSSR count). The molecule has 1 fully saturated rings. The zero-order valence-electron chi connectivity index (χ0n) is 11.3. The van der Waals surface area contributed by atoms with Gasteiger partial charge in [-0.05, 0) is 38.7 Å². The molecule has 0 aromatic heterocycles. The Bertz CT molecular complexity index is 359. The van der Waals surface area contributed by atoms with Gasteiger partial charge in [0.05, 0.1) is 23.6 Å². The Kier molecular flexibility index (Phi) is 4.40. The van der Waals surface area contributed by atoms with E-state index in [4.69, 9.17) is 0 Å². The van der Waals surface area contributed by atoms with Crippen LogP contribution in [0.25, 0.3) is 0 Å².